The third kappa shape index (κ3) is 2.95. The van der Waals surface area contributed by atoms with Gasteiger partial charge in [-0.2, -0.15) is 5.26 Å². The largest absolute Gasteiger partial charge is 0.494 e. The molecular weight excluding hydrogens is 254 g/mol. The minimum absolute atomic E-state index is 0.438. The van der Waals surface area contributed by atoms with E-state index in [0.29, 0.717) is 11.6 Å². The van der Waals surface area contributed by atoms with E-state index in [-0.39, 0.29) is 0 Å². The van der Waals surface area contributed by atoms with Crippen LogP contribution in [0.3, 0.4) is 0 Å². The maximum atomic E-state index is 8.59. The molecule has 0 saturated heterocycles. The van der Waals surface area contributed by atoms with Crippen molar-refractivity contribution in [2.75, 3.05) is 17.7 Å². The number of nitriles is 1. The SMILES string of the molecule is COc1c(C)cc(C)cc1Nc1cc(NC#N)ncn1. The van der Waals surface area contributed by atoms with Gasteiger partial charge in [0.1, 0.15) is 23.7 Å². The molecule has 0 aliphatic carbocycles. The lowest BCUT2D eigenvalue weighted by molar-refractivity contribution is 0.413. The highest BCUT2D eigenvalue weighted by molar-refractivity contribution is 5.68. The van der Waals surface area contributed by atoms with Gasteiger partial charge in [0, 0.05) is 6.07 Å². The number of hydrogen-bond acceptors (Lipinski definition) is 6. The molecule has 2 rings (SSSR count). The molecule has 0 aliphatic rings. The van der Waals surface area contributed by atoms with Crippen LogP contribution in [0.4, 0.5) is 17.3 Å². The van der Waals surface area contributed by atoms with Crippen LogP contribution in [-0.2, 0) is 0 Å². The maximum absolute atomic E-state index is 8.59. The highest BCUT2D eigenvalue weighted by atomic mass is 16.5. The zero-order chi connectivity index (χ0) is 14.5. The lowest BCUT2D eigenvalue weighted by Crippen LogP contribution is -2.01. The van der Waals surface area contributed by atoms with Gasteiger partial charge in [-0.05, 0) is 31.0 Å². The number of nitrogens with one attached hydrogen (secondary N) is 2. The number of hydrogen-bond donors (Lipinski definition) is 2. The molecule has 20 heavy (non-hydrogen) atoms. The molecule has 0 amide bonds. The molecule has 1 aromatic carbocycles. The zero-order valence-corrected chi connectivity index (χ0v) is 11.6. The predicted molar refractivity (Wildman–Crippen MR) is 77.0 cm³/mol. The Labute approximate surface area is 117 Å². The lowest BCUT2D eigenvalue weighted by Gasteiger charge is -2.14. The Morgan fingerprint density at radius 2 is 1.90 bits per heavy atom. The van der Waals surface area contributed by atoms with Crippen molar-refractivity contribution >= 4 is 17.3 Å². The molecule has 0 aliphatic heterocycles. The van der Waals surface area contributed by atoms with Crippen molar-refractivity contribution in [1.82, 2.24) is 9.97 Å². The number of benzene rings is 1. The Morgan fingerprint density at radius 3 is 2.60 bits per heavy atom. The summed E-state index contributed by atoms with van der Waals surface area (Å²) >= 11 is 0. The summed E-state index contributed by atoms with van der Waals surface area (Å²) < 4.78 is 5.41. The number of anilines is 3. The molecule has 0 fully saturated rings. The number of aromatic nitrogens is 2. The third-order valence-electron chi connectivity index (χ3n) is 2.74. The first-order valence-corrected chi connectivity index (χ1v) is 6.03. The van der Waals surface area contributed by atoms with E-state index in [1.54, 1.807) is 13.2 Å². The summed E-state index contributed by atoms with van der Waals surface area (Å²) in [5.41, 5.74) is 2.99. The van der Waals surface area contributed by atoms with Gasteiger partial charge >= 0.3 is 0 Å². The van der Waals surface area contributed by atoms with E-state index in [1.165, 1.54) is 6.33 Å². The van der Waals surface area contributed by atoms with Crippen LogP contribution in [0.15, 0.2) is 24.5 Å². The molecule has 0 bridgehead atoms. The van der Waals surface area contributed by atoms with Crippen molar-refractivity contribution in [2.45, 2.75) is 13.8 Å². The van der Waals surface area contributed by atoms with Crippen molar-refractivity contribution in [3.63, 3.8) is 0 Å². The minimum atomic E-state index is 0.438. The standard InChI is InChI=1S/C14H15N5O/c1-9-4-10(2)14(20-3)11(5-9)19-13-6-12(16-7-15)17-8-18-13/h4-6,8H,1-3H3,(H2,16,17,18,19). The number of rotatable bonds is 4. The second kappa shape index (κ2) is 5.89. The van der Waals surface area contributed by atoms with Crippen molar-refractivity contribution in [3.05, 3.63) is 35.7 Å². The first-order chi connectivity index (χ1) is 9.63. The molecule has 102 valence electrons. The number of nitrogens with zero attached hydrogens (tertiary/aromatic N) is 3. The van der Waals surface area contributed by atoms with Gasteiger partial charge in [0.2, 0.25) is 0 Å². The van der Waals surface area contributed by atoms with Crippen LogP contribution in [0.2, 0.25) is 0 Å². The molecule has 2 aromatic rings. The van der Waals surface area contributed by atoms with Crippen molar-refractivity contribution < 1.29 is 4.74 Å². The lowest BCUT2D eigenvalue weighted by atomic mass is 10.1. The first-order valence-electron chi connectivity index (χ1n) is 6.03. The van der Waals surface area contributed by atoms with E-state index in [9.17, 15) is 0 Å². The molecule has 1 aromatic heterocycles. The Kier molecular flexibility index (Phi) is 4.01. The van der Waals surface area contributed by atoms with Gasteiger partial charge in [0.25, 0.3) is 0 Å². The fourth-order valence-electron chi connectivity index (χ4n) is 2.01. The quantitative estimate of drug-likeness (QED) is 0.656. The second-order valence-electron chi connectivity index (χ2n) is 4.31. The Bertz CT molecular complexity index is 663. The van der Waals surface area contributed by atoms with Crippen LogP contribution in [0.25, 0.3) is 0 Å². The fraction of sp³-hybridized carbons (Fsp3) is 0.214. The van der Waals surface area contributed by atoms with Crippen LogP contribution in [0.5, 0.6) is 5.75 Å². The topological polar surface area (TPSA) is 82.9 Å². The highest BCUT2D eigenvalue weighted by Crippen LogP contribution is 2.32. The van der Waals surface area contributed by atoms with Crippen molar-refractivity contribution in [2.24, 2.45) is 0 Å². The van der Waals surface area contributed by atoms with Gasteiger partial charge in [-0.15, -0.1) is 0 Å². The van der Waals surface area contributed by atoms with Gasteiger partial charge < -0.3 is 10.1 Å². The Hall–Kier alpha value is -2.81. The summed E-state index contributed by atoms with van der Waals surface area (Å²) in [7, 11) is 1.63. The Balaban J connectivity index is 2.34. The number of ether oxygens (including phenoxy) is 1. The zero-order valence-electron chi connectivity index (χ0n) is 11.6. The van der Waals surface area contributed by atoms with E-state index in [0.717, 1.165) is 22.6 Å². The average molecular weight is 269 g/mol. The van der Waals surface area contributed by atoms with Gasteiger partial charge in [-0.3, -0.25) is 5.32 Å². The molecule has 0 radical (unpaired) electrons. The van der Waals surface area contributed by atoms with Crippen LogP contribution >= 0.6 is 0 Å². The van der Waals surface area contributed by atoms with E-state index in [1.807, 2.05) is 32.2 Å². The molecule has 0 spiro atoms. The van der Waals surface area contributed by atoms with E-state index in [4.69, 9.17) is 10.00 Å². The molecule has 0 atom stereocenters. The van der Waals surface area contributed by atoms with Crippen LogP contribution in [0.1, 0.15) is 11.1 Å². The smallest absolute Gasteiger partial charge is 0.182 e. The van der Waals surface area contributed by atoms with E-state index < -0.39 is 0 Å². The molecule has 2 N–H and O–H groups in total. The van der Waals surface area contributed by atoms with Gasteiger partial charge in [0.15, 0.2) is 6.19 Å². The summed E-state index contributed by atoms with van der Waals surface area (Å²) in [6, 6.07) is 5.68. The molecule has 6 nitrogen and oxygen atoms in total. The maximum Gasteiger partial charge on any atom is 0.182 e. The highest BCUT2D eigenvalue weighted by Gasteiger charge is 2.09. The fourth-order valence-corrected chi connectivity index (χ4v) is 2.01. The summed E-state index contributed by atoms with van der Waals surface area (Å²) in [4.78, 5) is 8.06. The molecule has 6 heteroatoms. The van der Waals surface area contributed by atoms with Gasteiger partial charge in [-0.25, -0.2) is 9.97 Å². The molecule has 0 saturated carbocycles. The average Bonchev–Trinajstić information content (AvgIpc) is 2.39. The van der Waals surface area contributed by atoms with Crippen LogP contribution < -0.4 is 15.4 Å². The molecular formula is C14H15N5O. The van der Waals surface area contributed by atoms with Crippen molar-refractivity contribution in [1.29, 1.82) is 5.26 Å². The van der Waals surface area contributed by atoms with E-state index >= 15 is 0 Å². The first kappa shape index (κ1) is 13.6. The summed E-state index contributed by atoms with van der Waals surface area (Å²) in [5.74, 6) is 1.79. The second-order valence-corrected chi connectivity index (χ2v) is 4.31. The minimum Gasteiger partial charge on any atom is -0.494 e. The van der Waals surface area contributed by atoms with Gasteiger partial charge in [-0.1, -0.05) is 6.07 Å². The molecule has 0 unspecified atom stereocenters. The monoisotopic (exact) mass is 269 g/mol. The van der Waals surface area contributed by atoms with Crippen LogP contribution in [-0.4, -0.2) is 17.1 Å². The molecule has 1 heterocycles. The summed E-state index contributed by atoms with van der Waals surface area (Å²) in [6.07, 6.45) is 3.21. The van der Waals surface area contributed by atoms with Gasteiger partial charge in [0.05, 0.1) is 12.8 Å². The summed E-state index contributed by atoms with van der Waals surface area (Å²) in [5, 5.41) is 14.2. The predicted octanol–water partition coefficient (Wildman–Crippen LogP) is 2.74. The van der Waals surface area contributed by atoms with E-state index in [2.05, 4.69) is 20.6 Å². The number of methoxy groups -OCH3 is 1. The normalized spacial score (nSPS) is 9.70. The number of aryl methyl sites for hydroxylation is 2. The van der Waals surface area contributed by atoms with Crippen molar-refractivity contribution in [3.8, 4) is 11.9 Å². The third-order valence-corrected chi connectivity index (χ3v) is 2.74. The Morgan fingerprint density at radius 1 is 1.15 bits per heavy atom. The summed E-state index contributed by atoms with van der Waals surface area (Å²) in [6.45, 7) is 4.00. The van der Waals surface area contributed by atoms with Crippen LogP contribution in [0, 0.1) is 25.3 Å².